The van der Waals surface area contributed by atoms with Crippen LogP contribution in [0.5, 0.6) is 0 Å². The summed E-state index contributed by atoms with van der Waals surface area (Å²) in [7, 11) is 0. The first-order chi connectivity index (χ1) is 35.7. The Kier molecular flexibility index (Phi) is 8.55. The second kappa shape index (κ2) is 15.5. The van der Waals surface area contributed by atoms with E-state index in [2.05, 4.69) is 137 Å². The Labute approximate surface area is 410 Å². The van der Waals surface area contributed by atoms with E-state index in [1.807, 2.05) is 97.1 Å². The number of nitriles is 1. The molecule has 0 aliphatic heterocycles. The Bertz CT molecular complexity index is 4710. The normalized spacial score (nSPS) is 11.9. The van der Waals surface area contributed by atoms with Crippen LogP contribution in [0.15, 0.2) is 227 Å². The third-order valence-corrected chi connectivity index (χ3v) is 14.2. The molecule has 0 atom stereocenters. The fraction of sp³-hybridized carbons (Fsp3) is 0. The second-order valence-electron chi connectivity index (χ2n) is 18.2. The second-order valence-corrected chi connectivity index (χ2v) is 18.2. The third-order valence-electron chi connectivity index (χ3n) is 14.2. The quantitative estimate of drug-likeness (QED) is 0.165. The molecule has 0 amide bonds. The molecule has 8 heteroatoms. The molecule has 0 unspecified atom stereocenters. The lowest BCUT2D eigenvalue weighted by atomic mass is 9.95. The minimum Gasteiger partial charge on any atom is -0.455 e. The maximum absolute atomic E-state index is 11.2. The van der Waals surface area contributed by atoms with E-state index in [-0.39, 0.29) is 0 Å². The molecule has 10 aromatic carbocycles. The highest BCUT2D eigenvalue weighted by Crippen LogP contribution is 2.45. The van der Waals surface area contributed by atoms with Crippen molar-refractivity contribution in [1.29, 1.82) is 5.26 Å². The first-order valence-electron chi connectivity index (χ1n) is 23.9. The van der Waals surface area contributed by atoms with Crippen LogP contribution in [0, 0.1) is 11.3 Å². The van der Waals surface area contributed by atoms with Crippen molar-refractivity contribution in [3.8, 4) is 62.7 Å². The van der Waals surface area contributed by atoms with Gasteiger partial charge in [0, 0.05) is 65.8 Å². The highest BCUT2D eigenvalue weighted by atomic mass is 16.3. The van der Waals surface area contributed by atoms with Gasteiger partial charge in [0.1, 0.15) is 22.3 Å². The molecule has 5 aromatic heterocycles. The summed E-state index contributed by atoms with van der Waals surface area (Å²) >= 11 is 0. The number of hydrogen-bond donors (Lipinski definition) is 0. The van der Waals surface area contributed by atoms with Crippen molar-refractivity contribution in [2.75, 3.05) is 0 Å². The van der Waals surface area contributed by atoms with E-state index in [1.165, 1.54) is 0 Å². The van der Waals surface area contributed by atoms with Crippen LogP contribution in [0.4, 0.5) is 0 Å². The van der Waals surface area contributed by atoms with E-state index >= 15 is 0 Å². The van der Waals surface area contributed by atoms with Gasteiger partial charge in [-0.25, -0.2) is 15.0 Å². The predicted octanol–water partition coefficient (Wildman–Crippen LogP) is 16.4. The summed E-state index contributed by atoms with van der Waals surface area (Å²) in [5.74, 6) is 1.63. The molecule has 0 N–H and O–H groups in total. The standard InChI is InChI=1S/C64H36N6O2/c65-37-41-27-29-42(69-51-23-11-7-21-47(51)58-54(69)33-30-45-43-19-9-13-25-56(43)71-60(45)58)36-49(41)50-35-40(64-67-62(38-15-3-1-4-16-38)66-63(68-64)39-17-5-2-6-18-39)28-32-53(50)70-52-24-12-8-22-48(52)59-55(70)34-31-46-44-20-10-14-26-57(44)72-61(46)59/h1-36H. The first-order valence-corrected chi connectivity index (χ1v) is 23.9. The number of furan rings is 2. The van der Waals surface area contributed by atoms with Crippen molar-refractivity contribution >= 4 is 87.5 Å². The summed E-state index contributed by atoms with van der Waals surface area (Å²) < 4.78 is 18.0. The van der Waals surface area contributed by atoms with Gasteiger partial charge >= 0.3 is 0 Å². The molecule has 0 saturated carbocycles. The zero-order valence-electron chi connectivity index (χ0n) is 38.3. The van der Waals surface area contributed by atoms with Crippen molar-refractivity contribution < 1.29 is 8.83 Å². The van der Waals surface area contributed by atoms with Crippen LogP contribution in [-0.4, -0.2) is 24.1 Å². The summed E-state index contributed by atoms with van der Waals surface area (Å²) in [4.78, 5) is 15.4. The first kappa shape index (κ1) is 39.9. The summed E-state index contributed by atoms with van der Waals surface area (Å²) in [5.41, 5.74) is 13.7. The minimum absolute atomic E-state index is 0.508. The zero-order valence-corrected chi connectivity index (χ0v) is 38.3. The number of fused-ring (bicyclic) bond motifs is 14. The van der Waals surface area contributed by atoms with Crippen LogP contribution in [0.3, 0.4) is 0 Å². The summed E-state index contributed by atoms with van der Waals surface area (Å²) in [6, 6.07) is 77.2. The Morgan fingerprint density at radius 2 is 0.847 bits per heavy atom. The van der Waals surface area contributed by atoms with Crippen molar-refractivity contribution in [3.63, 3.8) is 0 Å². The highest BCUT2D eigenvalue weighted by molar-refractivity contribution is 6.25. The van der Waals surface area contributed by atoms with Crippen molar-refractivity contribution in [2.24, 2.45) is 0 Å². The van der Waals surface area contributed by atoms with Crippen LogP contribution < -0.4 is 0 Å². The van der Waals surface area contributed by atoms with E-state index in [0.717, 1.165) is 127 Å². The van der Waals surface area contributed by atoms with Gasteiger partial charge in [-0.3, -0.25) is 0 Å². The zero-order chi connectivity index (χ0) is 47.4. The minimum atomic E-state index is 0.508. The Balaban J connectivity index is 1.03. The molecular formula is C64H36N6O2. The monoisotopic (exact) mass is 920 g/mol. The van der Waals surface area contributed by atoms with Gasteiger partial charge in [0.15, 0.2) is 17.5 Å². The van der Waals surface area contributed by atoms with Gasteiger partial charge in [-0.2, -0.15) is 5.26 Å². The molecular weight excluding hydrogens is 885 g/mol. The van der Waals surface area contributed by atoms with E-state index in [0.29, 0.717) is 23.0 Å². The largest absolute Gasteiger partial charge is 0.455 e. The number of aromatic nitrogens is 5. The highest BCUT2D eigenvalue weighted by Gasteiger charge is 2.25. The Morgan fingerprint density at radius 1 is 0.361 bits per heavy atom. The fourth-order valence-corrected chi connectivity index (χ4v) is 11.0. The maximum atomic E-state index is 11.2. The topological polar surface area (TPSA) is 98.6 Å². The summed E-state index contributed by atoms with van der Waals surface area (Å²) in [5, 5.41) is 19.6. The molecule has 15 rings (SSSR count). The van der Waals surface area contributed by atoms with Gasteiger partial charge in [-0.15, -0.1) is 0 Å². The summed E-state index contributed by atoms with van der Waals surface area (Å²) in [6.07, 6.45) is 0. The number of hydrogen-bond acceptors (Lipinski definition) is 6. The summed E-state index contributed by atoms with van der Waals surface area (Å²) in [6.45, 7) is 0. The molecule has 0 aliphatic carbocycles. The molecule has 0 fully saturated rings. The van der Waals surface area contributed by atoms with E-state index in [4.69, 9.17) is 23.8 Å². The van der Waals surface area contributed by atoms with Gasteiger partial charge in [0.2, 0.25) is 0 Å². The molecule has 0 saturated heterocycles. The number of benzene rings is 10. The van der Waals surface area contributed by atoms with Gasteiger partial charge in [0.05, 0.1) is 50.2 Å². The fourth-order valence-electron chi connectivity index (χ4n) is 11.0. The molecule has 0 bridgehead atoms. The van der Waals surface area contributed by atoms with Crippen molar-refractivity contribution in [3.05, 3.63) is 224 Å². The van der Waals surface area contributed by atoms with Gasteiger partial charge in [0.25, 0.3) is 0 Å². The van der Waals surface area contributed by atoms with Crippen LogP contribution in [-0.2, 0) is 0 Å². The molecule has 72 heavy (non-hydrogen) atoms. The SMILES string of the molecule is N#Cc1ccc(-n2c3ccccc3c3c4oc5ccccc5c4ccc32)cc1-c1cc(-c2nc(-c3ccccc3)nc(-c3ccccc3)n2)ccc1-n1c2ccccc2c2c3oc4ccccc4c3ccc21. The predicted molar refractivity (Wildman–Crippen MR) is 290 cm³/mol. The van der Waals surface area contributed by atoms with Crippen LogP contribution >= 0.6 is 0 Å². The molecule has 5 heterocycles. The lowest BCUT2D eigenvalue weighted by Gasteiger charge is -2.18. The van der Waals surface area contributed by atoms with Crippen molar-refractivity contribution in [2.45, 2.75) is 0 Å². The molecule has 15 aromatic rings. The van der Waals surface area contributed by atoms with Crippen LogP contribution in [0.25, 0.3) is 144 Å². The maximum Gasteiger partial charge on any atom is 0.164 e. The van der Waals surface area contributed by atoms with Crippen LogP contribution in [0.2, 0.25) is 0 Å². The molecule has 8 nitrogen and oxygen atoms in total. The lowest BCUT2D eigenvalue weighted by Crippen LogP contribution is -2.03. The number of para-hydroxylation sites is 4. The van der Waals surface area contributed by atoms with Crippen molar-refractivity contribution in [1.82, 2.24) is 24.1 Å². The van der Waals surface area contributed by atoms with Crippen LogP contribution in [0.1, 0.15) is 5.56 Å². The average molecular weight is 921 g/mol. The Hall–Kier alpha value is -10.1. The number of nitrogens with zero attached hydrogens (tertiary/aromatic N) is 6. The number of rotatable bonds is 6. The smallest absolute Gasteiger partial charge is 0.164 e. The van der Waals surface area contributed by atoms with E-state index < -0.39 is 0 Å². The van der Waals surface area contributed by atoms with E-state index in [9.17, 15) is 5.26 Å². The van der Waals surface area contributed by atoms with Gasteiger partial charge < -0.3 is 18.0 Å². The third kappa shape index (κ3) is 5.89. The lowest BCUT2D eigenvalue weighted by molar-refractivity contribution is 0.672. The molecule has 334 valence electrons. The van der Waals surface area contributed by atoms with Gasteiger partial charge in [-0.1, -0.05) is 133 Å². The molecule has 0 aliphatic rings. The average Bonchev–Trinajstić information content (AvgIpc) is 4.21. The van der Waals surface area contributed by atoms with E-state index in [1.54, 1.807) is 0 Å². The molecule has 0 spiro atoms. The Morgan fingerprint density at radius 3 is 1.42 bits per heavy atom. The molecule has 0 radical (unpaired) electrons. The van der Waals surface area contributed by atoms with Gasteiger partial charge in [-0.05, 0) is 84.9 Å².